The zero-order chi connectivity index (χ0) is 13.8. The van der Waals surface area contributed by atoms with Crippen LogP contribution in [-0.4, -0.2) is 17.9 Å². The van der Waals surface area contributed by atoms with Gasteiger partial charge in [-0.15, -0.1) is 0 Å². The zero-order valence-electron chi connectivity index (χ0n) is 11.4. The van der Waals surface area contributed by atoms with Gasteiger partial charge in [0.05, 0.1) is 0 Å². The lowest BCUT2D eigenvalue weighted by molar-refractivity contribution is -0.122. The van der Waals surface area contributed by atoms with Crippen LogP contribution in [0.3, 0.4) is 0 Å². The molecule has 1 aliphatic carbocycles. The van der Waals surface area contributed by atoms with Crippen molar-refractivity contribution in [3.63, 3.8) is 0 Å². The molecule has 0 heterocycles. The van der Waals surface area contributed by atoms with Crippen LogP contribution in [0.4, 0.5) is 0 Å². The summed E-state index contributed by atoms with van der Waals surface area (Å²) in [5.41, 5.74) is 1.65. The fourth-order valence-electron chi connectivity index (χ4n) is 1.80. The van der Waals surface area contributed by atoms with Crippen molar-refractivity contribution in [2.45, 2.75) is 39.3 Å². The van der Waals surface area contributed by atoms with E-state index in [9.17, 15) is 9.59 Å². The van der Waals surface area contributed by atoms with E-state index in [0.29, 0.717) is 12.1 Å². The molecule has 1 aromatic rings. The normalized spacial score (nSPS) is 14.3. The van der Waals surface area contributed by atoms with Crippen molar-refractivity contribution in [2.24, 2.45) is 5.92 Å². The largest absolute Gasteiger partial charge is 0.352 e. The molecule has 0 aromatic heterocycles. The summed E-state index contributed by atoms with van der Waals surface area (Å²) in [5, 5.41) is 5.75. The van der Waals surface area contributed by atoms with Gasteiger partial charge in [-0.3, -0.25) is 9.59 Å². The van der Waals surface area contributed by atoms with Crippen LogP contribution in [0.1, 0.15) is 42.6 Å². The third-order valence-electron chi connectivity index (χ3n) is 3.05. The summed E-state index contributed by atoms with van der Waals surface area (Å²) in [6.07, 6.45) is 2.03. The Morgan fingerprint density at radius 2 is 1.84 bits per heavy atom. The van der Waals surface area contributed by atoms with Gasteiger partial charge in [0.1, 0.15) is 0 Å². The van der Waals surface area contributed by atoms with Crippen LogP contribution in [0.5, 0.6) is 0 Å². The van der Waals surface area contributed by atoms with Crippen molar-refractivity contribution in [1.29, 1.82) is 0 Å². The monoisotopic (exact) mass is 260 g/mol. The molecule has 2 amide bonds. The molecule has 1 aromatic carbocycles. The lowest BCUT2D eigenvalue weighted by Gasteiger charge is -2.09. The van der Waals surface area contributed by atoms with Gasteiger partial charge in [0.15, 0.2) is 0 Å². The van der Waals surface area contributed by atoms with Crippen LogP contribution in [0, 0.1) is 5.92 Å². The molecule has 4 nitrogen and oxygen atoms in total. The standard InChI is InChI=1S/C15H20N2O2/c1-10(2)17-15(19)13-5-3-11(4-6-13)9-16-14(18)12-7-8-12/h3-6,10,12H,7-9H2,1-2H3,(H,16,18)(H,17,19). The second kappa shape index (κ2) is 5.87. The van der Waals surface area contributed by atoms with E-state index in [1.807, 2.05) is 26.0 Å². The highest BCUT2D eigenvalue weighted by Gasteiger charge is 2.29. The highest BCUT2D eigenvalue weighted by atomic mass is 16.2. The molecule has 0 atom stereocenters. The van der Waals surface area contributed by atoms with Crippen LogP contribution in [0.25, 0.3) is 0 Å². The summed E-state index contributed by atoms with van der Waals surface area (Å²) >= 11 is 0. The second-order valence-corrected chi connectivity index (χ2v) is 5.32. The number of carbonyl (C=O) groups is 2. The number of benzene rings is 1. The predicted molar refractivity (Wildman–Crippen MR) is 73.6 cm³/mol. The van der Waals surface area contributed by atoms with E-state index in [2.05, 4.69) is 10.6 Å². The molecule has 102 valence electrons. The molecule has 0 aliphatic heterocycles. The van der Waals surface area contributed by atoms with Crippen LogP contribution >= 0.6 is 0 Å². The molecule has 0 radical (unpaired) electrons. The molecule has 19 heavy (non-hydrogen) atoms. The lowest BCUT2D eigenvalue weighted by atomic mass is 10.1. The van der Waals surface area contributed by atoms with Gasteiger partial charge in [0, 0.05) is 24.1 Å². The first-order valence-electron chi connectivity index (χ1n) is 6.74. The Hall–Kier alpha value is -1.84. The smallest absolute Gasteiger partial charge is 0.251 e. The van der Waals surface area contributed by atoms with E-state index < -0.39 is 0 Å². The maximum Gasteiger partial charge on any atom is 0.251 e. The summed E-state index contributed by atoms with van der Waals surface area (Å²) in [6.45, 7) is 4.39. The molecule has 0 bridgehead atoms. The molecule has 0 unspecified atom stereocenters. The molecule has 0 saturated heterocycles. The van der Waals surface area contributed by atoms with Gasteiger partial charge in [-0.25, -0.2) is 0 Å². The second-order valence-electron chi connectivity index (χ2n) is 5.32. The molecule has 2 N–H and O–H groups in total. The van der Waals surface area contributed by atoms with Gasteiger partial charge in [-0.05, 0) is 44.4 Å². The SMILES string of the molecule is CC(C)NC(=O)c1ccc(CNC(=O)C2CC2)cc1. The maximum atomic E-state index is 11.7. The van der Waals surface area contributed by atoms with E-state index >= 15 is 0 Å². The van der Waals surface area contributed by atoms with Crippen molar-refractivity contribution in [3.05, 3.63) is 35.4 Å². The minimum absolute atomic E-state index is 0.0661. The molecule has 1 fully saturated rings. The van der Waals surface area contributed by atoms with E-state index in [1.165, 1.54) is 0 Å². The molecule has 1 saturated carbocycles. The van der Waals surface area contributed by atoms with Crippen LogP contribution in [-0.2, 0) is 11.3 Å². The third-order valence-corrected chi connectivity index (χ3v) is 3.05. The fourth-order valence-corrected chi connectivity index (χ4v) is 1.80. The van der Waals surface area contributed by atoms with Crippen LogP contribution < -0.4 is 10.6 Å². The fraction of sp³-hybridized carbons (Fsp3) is 0.467. The Bertz CT molecular complexity index is 462. The first kappa shape index (κ1) is 13.6. The van der Waals surface area contributed by atoms with Crippen molar-refractivity contribution in [2.75, 3.05) is 0 Å². The average molecular weight is 260 g/mol. The zero-order valence-corrected chi connectivity index (χ0v) is 11.4. The molecular weight excluding hydrogens is 240 g/mol. The summed E-state index contributed by atoms with van der Waals surface area (Å²) in [7, 11) is 0. The number of carbonyl (C=O) groups excluding carboxylic acids is 2. The number of rotatable bonds is 5. The van der Waals surface area contributed by atoms with E-state index in [4.69, 9.17) is 0 Å². The van der Waals surface area contributed by atoms with Crippen LogP contribution in [0.2, 0.25) is 0 Å². The van der Waals surface area contributed by atoms with Gasteiger partial charge in [-0.1, -0.05) is 12.1 Å². The number of hydrogen-bond donors (Lipinski definition) is 2. The minimum Gasteiger partial charge on any atom is -0.352 e. The van der Waals surface area contributed by atoms with Gasteiger partial charge in [0.2, 0.25) is 5.91 Å². The minimum atomic E-state index is -0.0661. The first-order valence-corrected chi connectivity index (χ1v) is 6.74. The Labute approximate surface area is 113 Å². The summed E-state index contributed by atoms with van der Waals surface area (Å²) < 4.78 is 0. The van der Waals surface area contributed by atoms with Crippen LogP contribution in [0.15, 0.2) is 24.3 Å². The third kappa shape index (κ3) is 4.09. The first-order chi connectivity index (χ1) is 9.06. The predicted octanol–water partition coefficient (Wildman–Crippen LogP) is 1.85. The highest BCUT2D eigenvalue weighted by Crippen LogP contribution is 2.28. The summed E-state index contributed by atoms with van der Waals surface area (Å²) in [6, 6.07) is 7.46. The lowest BCUT2D eigenvalue weighted by Crippen LogP contribution is -2.30. The van der Waals surface area contributed by atoms with E-state index in [-0.39, 0.29) is 23.8 Å². The van der Waals surface area contributed by atoms with Crippen molar-refractivity contribution < 1.29 is 9.59 Å². The van der Waals surface area contributed by atoms with Gasteiger partial charge < -0.3 is 10.6 Å². The topological polar surface area (TPSA) is 58.2 Å². The van der Waals surface area contributed by atoms with Crippen molar-refractivity contribution >= 4 is 11.8 Å². The van der Waals surface area contributed by atoms with E-state index in [0.717, 1.165) is 18.4 Å². The number of amides is 2. The Kier molecular flexibility index (Phi) is 4.20. The van der Waals surface area contributed by atoms with Crippen molar-refractivity contribution in [3.8, 4) is 0 Å². The Morgan fingerprint density at radius 3 is 2.37 bits per heavy atom. The average Bonchev–Trinajstić information content (AvgIpc) is 3.20. The summed E-state index contributed by atoms with van der Waals surface area (Å²) in [5.74, 6) is 0.307. The summed E-state index contributed by atoms with van der Waals surface area (Å²) in [4.78, 5) is 23.2. The van der Waals surface area contributed by atoms with Gasteiger partial charge in [0.25, 0.3) is 5.91 Å². The molecule has 2 rings (SSSR count). The van der Waals surface area contributed by atoms with Crippen molar-refractivity contribution in [1.82, 2.24) is 10.6 Å². The molecular formula is C15H20N2O2. The molecule has 4 heteroatoms. The van der Waals surface area contributed by atoms with Gasteiger partial charge >= 0.3 is 0 Å². The Balaban J connectivity index is 1.86. The Morgan fingerprint density at radius 1 is 1.21 bits per heavy atom. The molecule has 0 spiro atoms. The number of hydrogen-bond acceptors (Lipinski definition) is 2. The van der Waals surface area contributed by atoms with E-state index in [1.54, 1.807) is 12.1 Å². The highest BCUT2D eigenvalue weighted by molar-refractivity contribution is 5.94. The number of nitrogens with one attached hydrogen (secondary N) is 2. The molecule has 1 aliphatic rings. The maximum absolute atomic E-state index is 11.7. The quantitative estimate of drug-likeness (QED) is 0.849. The van der Waals surface area contributed by atoms with Gasteiger partial charge in [-0.2, -0.15) is 0 Å².